The van der Waals surface area contributed by atoms with Crippen molar-refractivity contribution in [2.45, 2.75) is 65.0 Å². The van der Waals surface area contributed by atoms with E-state index in [4.69, 9.17) is 0 Å². The van der Waals surface area contributed by atoms with Gasteiger partial charge in [-0.15, -0.1) is 0 Å². The molecule has 138 valence electrons. The average molecular weight is 351 g/mol. The molecule has 1 aromatic heterocycles. The van der Waals surface area contributed by atoms with Gasteiger partial charge in [0.15, 0.2) is 0 Å². The number of benzene rings is 1. The Morgan fingerprint density at radius 2 is 1.81 bits per heavy atom. The number of rotatable bonds is 4. The SMILES string of the molecule is Cc1nn(CC(=O)N[C@H]2[C@@H]3CCCC[C@@H]3[C@@H]2c2ccccc2)c(C)c1C. The van der Waals surface area contributed by atoms with Crippen LogP contribution in [0.2, 0.25) is 0 Å². The van der Waals surface area contributed by atoms with Gasteiger partial charge in [0.25, 0.3) is 0 Å². The Morgan fingerprint density at radius 3 is 2.46 bits per heavy atom. The molecule has 1 N–H and O–H groups in total. The molecule has 2 fully saturated rings. The number of carbonyl (C=O) groups is 1. The Hall–Kier alpha value is -2.10. The maximum absolute atomic E-state index is 12.8. The van der Waals surface area contributed by atoms with Crippen LogP contribution in [0.4, 0.5) is 0 Å². The van der Waals surface area contributed by atoms with Crippen LogP contribution in [-0.2, 0) is 11.3 Å². The van der Waals surface area contributed by atoms with Crippen molar-refractivity contribution in [1.82, 2.24) is 15.1 Å². The van der Waals surface area contributed by atoms with Crippen LogP contribution in [0.3, 0.4) is 0 Å². The molecule has 4 heteroatoms. The standard InChI is InChI=1S/C22H29N3O/c1-14-15(2)24-25(16(14)3)13-20(26)23-22-19-12-8-7-11-18(19)21(22)17-9-5-4-6-10-17/h4-6,9-10,18-19,21-22H,7-8,11-13H2,1-3H3,(H,23,26)/t18-,19+,21-,22-/m0/s1. The number of amides is 1. The first-order valence-corrected chi connectivity index (χ1v) is 9.91. The summed E-state index contributed by atoms with van der Waals surface area (Å²) in [6, 6.07) is 11.0. The topological polar surface area (TPSA) is 46.9 Å². The molecule has 4 nitrogen and oxygen atoms in total. The van der Waals surface area contributed by atoms with E-state index in [9.17, 15) is 4.79 Å². The molecule has 0 spiro atoms. The zero-order chi connectivity index (χ0) is 18.3. The van der Waals surface area contributed by atoms with E-state index < -0.39 is 0 Å². The summed E-state index contributed by atoms with van der Waals surface area (Å²) >= 11 is 0. The first-order valence-electron chi connectivity index (χ1n) is 9.91. The first kappa shape index (κ1) is 17.3. The summed E-state index contributed by atoms with van der Waals surface area (Å²) in [6.07, 6.45) is 5.17. The van der Waals surface area contributed by atoms with Gasteiger partial charge in [-0.2, -0.15) is 5.10 Å². The number of carbonyl (C=O) groups excluding carboxylic acids is 1. The Labute approximate surface area is 156 Å². The molecule has 0 radical (unpaired) electrons. The first-order chi connectivity index (χ1) is 12.6. The summed E-state index contributed by atoms with van der Waals surface area (Å²) in [4.78, 5) is 12.8. The Balaban J connectivity index is 1.49. The van der Waals surface area contributed by atoms with E-state index >= 15 is 0 Å². The van der Waals surface area contributed by atoms with Crippen molar-refractivity contribution in [3.63, 3.8) is 0 Å². The summed E-state index contributed by atoms with van der Waals surface area (Å²) in [5.41, 5.74) is 4.65. The molecule has 1 heterocycles. The molecule has 4 rings (SSSR count). The van der Waals surface area contributed by atoms with E-state index in [1.165, 1.54) is 36.8 Å². The van der Waals surface area contributed by atoms with Crippen molar-refractivity contribution < 1.29 is 4.79 Å². The van der Waals surface area contributed by atoms with Crippen LogP contribution >= 0.6 is 0 Å². The molecule has 2 aliphatic rings. The van der Waals surface area contributed by atoms with Crippen LogP contribution in [0.1, 0.15) is 54.1 Å². The lowest BCUT2D eigenvalue weighted by atomic mass is 9.53. The molecule has 2 saturated carbocycles. The van der Waals surface area contributed by atoms with E-state index in [0.717, 1.165) is 17.3 Å². The minimum Gasteiger partial charge on any atom is -0.351 e. The molecule has 4 atom stereocenters. The summed E-state index contributed by atoms with van der Waals surface area (Å²) in [5.74, 6) is 1.92. The molecule has 0 bridgehead atoms. The monoisotopic (exact) mass is 351 g/mol. The molecular weight excluding hydrogens is 322 g/mol. The Bertz CT molecular complexity index is 795. The minimum atomic E-state index is 0.0885. The van der Waals surface area contributed by atoms with Gasteiger partial charge in [-0.1, -0.05) is 43.2 Å². The van der Waals surface area contributed by atoms with Crippen LogP contribution in [-0.4, -0.2) is 21.7 Å². The number of hydrogen-bond donors (Lipinski definition) is 1. The Kier molecular flexibility index (Phi) is 4.60. The molecule has 2 aliphatic carbocycles. The average Bonchev–Trinajstić information content (AvgIpc) is 2.88. The molecule has 0 aliphatic heterocycles. The van der Waals surface area contributed by atoms with E-state index in [1.54, 1.807) is 0 Å². The van der Waals surface area contributed by atoms with Gasteiger partial charge in [0.05, 0.1) is 5.69 Å². The van der Waals surface area contributed by atoms with Crippen LogP contribution in [0.25, 0.3) is 0 Å². The van der Waals surface area contributed by atoms with E-state index in [2.05, 4.69) is 47.7 Å². The van der Waals surface area contributed by atoms with Crippen LogP contribution in [0, 0.1) is 32.6 Å². The van der Waals surface area contributed by atoms with Crippen molar-refractivity contribution in [3.8, 4) is 0 Å². The van der Waals surface area contributed by atoms with Gasteiger partial charge in [-0.25, -0.2) is 0 Å². The molecule has 2 aromatic rings. The second kappa shape index (κ2) is 6.90. The number of nitrogens with one attached hydrogen (secondary N) is 1. The van der Waals surface area contributed by atoms with Crippen molar-refractivity contribution in [1.29, 1.82) is 0 Å². The lowest BCUT2D eigenvalue weighted by Crippen LogP contribution is -2.59. The fraction of sp³-hybridized carbons (Fsp3) is 0.545. The molecule has 26 heavy (non-hydrogen) atoms. The van der Waals surface area contributed by atoms with Crippen LogP contribution in [0.5, 0.6) is 0 Å². The predicted octanol–water partition coefficient (Wildman–Crippen LogP) is 3.90. The number of hydrogen-bond acceptors (Lipinski definition) is 2. The number of aromatic nitrogens is 2. The highest BCUT2D eigenvalue weighted by Gasteiger charge is 2.51. The second-order valence-electron chi connectivity index (χ2n) is 8.10. The zero-order valence-corrected chi connectivity index (χ0v) is 16.0. The number of aryl methyl sites for hydroxylation is 1. The van der Waals surface area contributed by atoms with E-state index in [1.807, 2.05) is 18.5 Å². The van der Waals surface area contributed by atoms with Crippen molar-refractivity contribution in [2.75, 3.05) is 0 Å². The van der Waals surface area contributed by atoms with Gasteiger partial charge in [0.1, 0.15) is 6.54 Å². The maximum atomic E-state index is 12.8. The van der Waals surface area contributed by atoms with Gasteiger partial charge in [0, 0.05) is 17.7 Å². The van der Waals surface area contributed by atoms with E-state index in [0.29, 0.717) is 18.4 Å². The maximum Gasteiger partial charge on any atom is 0.241 e. The molecule has 1 amide bonds. The summed E-state index contributed by atoms with van der Waals surface area (Å²) in [6.45, 7) is 6.42. The molecule has 0 unspecified atom stereocenters. The van der Waals surface area contributed by atoms with Gasteiger partial charge in [0.2, 0.25) is 5.91 Å². The van der Waals surface area contributed by atoms with Crippen molar-refractivity contribution in [3.05, 3.63) is 52.8 Å². The predicted molar refractivity (Wildman–Crippen MR) is 103 cm³/mol. The highest BCUT2D eigenvalue weighted by Crippen LogP contribution is 2.54. The largest absolute Gasteiger partial charge is 0.351 e. The highest BCUT2D eigenvalue weighted by atomic mass is 16.2. The molecule has 1 aromatic carbocycles. The fourth-order valence-corrected chi connectivity index (χ4v) is 5.10. The lowest BCUT2D eigenvalue weighted by Gasteiger charge is -2.55. The lowest BCUT2D eigenvalue weighted by molar-refractivity contribution is -0.125. The number of nitrogens with zero attached hydrogens (tertiary/aromatic N) is 2. The van der Waals surface area contributed by atoms with Crippen LogP contribution in [0.15, 0.2) is 30.3 Å². The van der Waals surface area contributed by atoms with Gasteiger partial charge in [-0.05, 0) is 56.6 Å². The zero-order valence-electron chi connectivity index (χ0n) is 16.0. The quantitative estimate of drug-likeness (QED) is 0.908. The fourth-order valence-electron chi connectivity index (χ4n) is 5.10. The minimum absolute atomic E-state index is 0.0885. The highest BCUT2D eigenvalue weighted by molar-refractivity contribution is 5.76. The third kappa shape index (κ3) is 2.95. The Morgan fingerprint density at radius 1 is 1.12 bits per heavy atom. The van der Waals surface area contributed by atoms with Crippen molar-refractivity contribution in [2.24, 2.45) is 11.8 Å². The van der Waals surface area contributed by atoms with Crippen LogP contribution < -0.4 is 5.32 Å². The molecular formula is C22H29N3O. The van der Waals surface area contributed by atoms with Gasteiger partial charge < -0.3 is 5.32 Å². The summed E-state index contributed by atoms with van der Waals surface area (Å²) in [7, 11) is 0. The third-order valence-electron chi connectivity index (χ3n) is 6.73. The smallest absolute Gasteiger partial charge is 0.241 e. The van der Waals surface area contributed by atoms with Gasteiger partial charge in [-0.3, -0.25) is 9.48 Å². The molecule has 0 saturated heterocycles. The van der Waals surface area contributed by atoms with E-state index in [-0.39, 0.29) is 11.9 Å². The summed E-state index contributed by atoms with van der Waals surface area (Å²) in [5, 5.41) is 7.88. The third-order valence-corrected chi connectivity index (χ3v) is 6.73. The number of fused-ring (bicyclic) bond motifs is 1. The second-order valence-corrected chi connectivity index (χ2v) is 8.10. The van der Waals surface area contributed by atoms with Gasteiger partial charge >= 0.3 is 0 Å². The van der Waals surface area contributed by atoms with Crippen molar-refractivity contribution >= 4 is 5.91 Å². The normalized spacial score (nSPS) is 27.5. The summed E-state index contributed by atoms with van der Waals surface area (Å²) < 4.78 is 1.84.